The van der Waals surface area contributed by atoms with E-state index in [0.29, 0.717) is 12.5 Å². The van der Waals surface area contributed by atoms with Gasteiger partial charge in [-0.25, -0.2) is 0 Å². The Balaban J connectivity index is 1.61. The fourth-order valence-electron chi connectivity index (χ4n) is 3.67. The molecule has 14 heavy (non-hydrogen) atoms. The van der Waals surface area contributed by atoms with Crippen LogP contribution in [0.4, 0.5) is 0 Å². The maximum Gasteiger partial charge on any atom is 0.0471 e. The third kappa shape index (κ3) is 1.49. The van der Waals surface area contributed by atoms with Crippen LogP contribution in [-0.4, -0.2) is 35.7 Å². The van der Waals surface area contributed by atoms with Gasteiger partial charge in [-0.2, -0.15) is 0 Å². The topological polar surface area (TPSA) is 23.5 Å². The molecule has 0 aromatic carbocycles. The van der Waals surface area contributed by atoms with Gasteiger partial charge in [0, 0.05) is 19.2 Å². The van der Waals surface area contributed by atoms with Crippen molar-refractivity contribution in [3.63, 3.8) is 0 Å². The normalized spacial score (nSPS) is 47.8. The molecule has 0 bridgehead atoms. The van der Waals surface area contributed by atoms with Crippen LogP contribution in [0.5, 0.6) is 0 Å². The minimum atomic E-state index is 0.400. The van der Waals surface area contributed by atoms with Gasteiger partial charge in [0.25, 0.3) is 0 Å². The van der Waals surface area contributed by atoms with Gasteiger partial charge in [0.05, 0.1) is 0 Å². The van der Waals surface area contributed by atoms with Crippen molar-refractivity contribution in [2.75, 3.05) is 19.7 Å². The molecule has 2 saturated carbocycles. The molecule has 1 N–H and O–H groups in total. The van der Waals surface area contributed by atoms with Crippen molar-refractivity contribution < 1.29 is 5.11 Å². The lowest BCUT2D eigenvalue weighted by Crippen LogP contribution is -2.43. The summed E-state index contributed by atoms with van der Waals surface area (Å²) < 4.78 is 0. The van der Waals surface area contributed by atoms with Crippen molar-refractivity contribution in [1.82, 2.24) is 4.90 Å². The Labute approximate surface area is 86.3 Å². The van der Waals surface area contributed by atoms with E-state index in [1.807, 2.05) is 0 Å². The highest BCUT2D eigenvalue weighted by molar-refractivity contribution is 5.02. The van der Waals surface area contributed by atoms with Crippen LogP contribution in [0.3, 0.4) is 0 Å². The first-order chi connectivity index (χ1) is 6.88. The van der Waals surface area contributed by atoms with Gasteiger partial charge in [-0.05, 0) is 56.4 Å². The number of hydrogen-bond donors (Lipinski definition) is 1. The fourth-order valence-corrected chi connectivity index (χ4v) is 3.67. The first-order valence-corrected chi connectivity index (χ1v) is 6.23. The maximum absolute atomic E-state index is 9.20. The van der Waals surface area contributed by atoms with E-state index in [2.05, 4.69) is 4.90 Å². The predicted octanol–water partition coefficient (Wildman–Crippen LogP) is 1.49. The summed E-state index contributed by atoms with van der Waals surface area (Å²) in [5.41, 5.74) is 0. The van der Waals surface area contributed by atoms with Crippen LogP contribution < -0.4 is 0 Å². The molecule has 1 aliphatic heterocycles. The van der Waals surface area contributed by atoms with E-state index in [1.54, 1.807) is 0 Å². The second kappa shape index (κ2) is 3.49. The summed E-state index contributed by atoms with van der Waals surface area (Å²) in [5, 5.41) is 9.20. The summed E-state index contributed by atoms with van der Waals surface area (Å²) in [6.45, 7) is 2.87. The number of hydrogen-bond acceptors (Lipinski definition) is 2. The van der Waals surface area contributed by atoms with Gasteiger partial charge >= 0.3 is 0 Å². The van der Waals surface area contributed by atoms with Gasteiger partial charge in [0.1, 0.15) is 0 Å². The summed E-state index contributed by atoms with van der Waals surface area (Å²) in [6.07, 6.45) is 6.97. The van der Waals surface area contributed by atoms with Crippen LogP contribution in [0.25, 0.3) is 0 Å². The van der Waals surface area contributed by atoms with Crippen molar-refractivity contribution in [2.45, 2.75) is 38.1 Å². The van der Waals surface area contributed by atoms with E-state index in [0.717, 1.165) is 17.9 Å². The molecule has 4 unspecified atom stereocenters. The Bertz CT molecular complexity index is 218. The summed E-state index contributed by atoms with van der Waals surface area (Å²) in [7, 11) is 0. The van der Waals surface area contributed by atoms with E-state index in [4.69, 9.17) is 0 Å². The monoisotopic (exact) mass is 195 g/mol. The number of piperidine rings is 1. The number of aliphatic hydroxyl groups excluding tert-OH is 1. The van der Waals surface area contributed by atoms with E-state index < -0.39 is 0 Å². The number of fused-ring (bicyclic) bond motifs is 1. The third-order valence-corrected chi connectivity index (χ3v) is 4.58. The van der Waals surface area contributed by atoms with E-state index in [-0.39, 0.29) is 0 Å². The molecular weight excluding hydrogens is 174 g/mol. The second-order valence-electron chi connectivity index (χ2n) is 5.49. The standard InChI is InChI=1S/C12H21NO/c14-8-9-2-1-5-13(7-9)12-4-3-10-6-11(10)12/h9-12,14H,1-8H2. The second-order valence-corrected chi connectivity index (χ2v) is 5.49. The van der Waals surface area contributed by atoms with Crippen molar-refractivity contribution >= 4 is 0 Å². The predicted molar refractivity (Wildman–Crippen MR) is 56.0 cm³/mol. The zero-order valence-corrected chi connectivity index (χ0v) is 8.86. The maximum atomic E-state index is 9.20. The van der Waals surface area contributed by atoms with Gasteiger partial charge < -0.3 is 5.11 Å². The molecule has 1 heterocycles. The van der Waals surface area contributed by atoms with E-state index in [9.17, 15) is 5.11 Å². The van der Waals surface area contributed by atoms with Gasteiger partial charge in [-0.3, -0.25) is 4.90 Å². The molecule has 1 saturated heterocycles. The molecule has 0 amide bonds. The molecule has 3 aliphatic rings. The summed E-state index contributed by atoms with van der Waals surface area (Å²) in [6, 6.07) is 0.898. The lowest BCUT2D eigenvalue weighted by Gasteiger charge is -2.37. The molecule has 2 nitrogen and oxygen atoms in total. The Kier molecular flexibility index (Phi) is 2.29. The van der Waals surface area contributed by atoms with Gasteiger partial charge in [-0.1, -0.05) is 0 Å². The SMILES string of the molecule is OCC1CCCN(C2CCC3CC32)C1. The van der Waals surface area contributed by atoms with Crippen LogP contribution in [-0.2, 0) is 0 Å². The highest BCUT2D eigenvalue weighted by Crippen LogP contribution is 2.53. The number of aliphatic hydroxyl groups is 1. The third-order valence-electron chi connectivity index (χ3n) is 4.58. The lowest BCUT2D eigenvalue weighted by atomic mass is 9.96. The Morgan fingerprint density at radius 1 is 1.21 bits per heavy atom. The first kappa shape index (κ1) is 9.17. The van der Waals surface area contributed by atoms with Crippen LogP contribution in [0.1, 0.15) is 32.1 Å². The minimum Gasteiger partial charge on any atom is -0.396 e. The molecule has 0 spiro atoms. The number of rotatable bonds is 2. The fraction of sp³-hybridized carbons (Fsp3) is 1.00. The number of likely N-dealkylation sites (tertiary alicyclic amines) is 1. The largest absolute Gasteiger partial charge is 0.396 e. The molecule has 0 aromatic heterocycles. The smallest absolute Gasteiger partial charge is 0.0471 e. The molecule has 3 fully saturated rings. The van der Waals surface area contributed by atoms with Crippen LogP contribution in [0.2, 0.25) is 0 Å². The van der Waals surface area contributed by atoms with E-state index in [1.165, 1.54) is 45.2 Å². The quantitative estimate of drug-likeness (QED) is 0.721. The van der Waals surface area contributed by atoms with Gasteiger partial charge in [0.15, 0.2) is 0 Å². The highest BCUT2D eigenvalue weighted by atomic mass is 16.3. The van der Waals surface area contributed by atoms with Crippen LogP contribution in [0.15, 0.2) is 0 Å². The average molecular weight is 195 g/mol. The van der Waals surface area contributed by atoms with Gasteiger partial charge in [0.2, 0.25) is 0 Å². The van der Waals surface area contributed by atoms with E-state index >= 15 is 0 Å². The van der Waals surface area contributed by atoms with Crippen molar-refractivity contribution in [3.8, 4) is 0 Å². The molecule has 0 aromatic rings. The van der Waals surface area contributed by atoms with Crippen LogP contribution >= 0.6 is 0 Å². The highest BCUT2D eigenvalue weighted by Gasteiger charge is 2.50. The van der Waals surface area contributed by atoms with Crippen molar-refractivity contribution in [2.24, 2.45) is 17.8 Å². The Morgan fingerprint density at radius 2 is 2.14 bits per heavy atom. The van der Waals surface area contributed by atoms with Gasteiger partial charge in [-0.15, -0.1) is 0 Å². The molecule has 2 aliphatic carbocycles. The Hall–Kier alpha value is -0.0800. The molecule has 3 rings (SSSR count). The summed E-state index contributed by atoms with van der Waals surface area (Å²) >= 11 is 0. The minimum absolute atomic E-state index is 0.400. The molecule has 2 heteroatoms. The lowest BCUT2D eigenvalue weighted by molar-refractivity contribution is 0.0819. The summed E-state index contributed by atoms with van der Waals surface area (Å²) in [4.78, 5) is 2.68. The number of nitrogens with zero attached hydrogens (tertiary/aromatic N) is 1. The summed E-state index contributed by atoms with van der Waals surface area (Å²) in [5.74, 6) is 2.71. The first-order valence-electron chi connectivity index (χ1n) is 6.23. The van der Waals surface area contributed by atoms with Crippen molar-refractivity contribution in [3.05, 3.63) is 0 Å². The zero-order chi connectivity index (χ0) is 9.54. The molecule has 80 valence electrons. The molecule has 4 atom stereocenters. The van der Waals surface area contributed by atoms with Crippen molar-refractivity contribution in [1.29, 1.82) is 0 Å². The zero-order valence-electron chi connectivity index (χ0n) is 8.86. The average Bonchev–Trinajstić information content (AvgIpc) is 2.90. The van der Waals surface area contributed by atoms with Crippen LogP contribution in [0, 0.1) is 17.8 Å². The molecular formula is C12H21NO. The molecule has 0 radical (unpaired) electrons. The Morgan fingerprint density at radius 3 is 2.79 bits per heavy atom.